The Labute approximate surface area is 180 Å². The fraction of sp³-hybridized carbons (Fsp3) is 0.368. The van der Waals surface area contributed by atoms with E-state index >= 15 is 0 Å². The van der Waals surface area contributed by atoms with Crippen LogP contribution in [0.4, 0.5) is 23.8 Å². The number of rotatable bonds is 6. The molecule has 1 aliphatic heterocycles. The lowest BCUT2D eigenvalue weighted by Gasteiger charge is -2.25. The first-order valence-electron chi connectivity index (χ1n) is 9.18. The van der Waals surface area contributed by atoms with Crippen molar-refractivity contribution in [3.05, 3.63) is 46.2 Å². The maximum absolute atomic E-state index is 12.9. The molecule has 0 spiro atoms. The normalized spacial score (nSPS) is 14.3. The second-order valence-corrected chi connectivity index (χ2v) is 7.01. The summed E-state index contributed by atoms with van der Waals surface area (Å²) in [7, 11) is 0. The summed E-state index contributed by atoms with van der Waals surface area (Å²) in [6.07, 6.45) is -2.51. The minimum atomic E-state index is -4.52. The van der Waals surface area contributed by atoms with Crippen LogP contribution in [0.25, 0.3) is 0 Å². The summed E-state index contributed by atoms with van der Waals surface area (Å²) in [6, 6.07) is 2.43. The van der Waals surface area contributed by atoms with Crippen LogP contribution in [-0.2, 0) is 11.3 Å². The SMILES string of the molecule is CCOC(=O)Nc1nccc2c1CN(C(C)c1cnc(OCC(F)(F)F)c(Cl)c1)C2=O. The molecule has 1 atom stereocenters. The van der Waals surface area contributed by atoms with Crippen LogP contribution in [0.1, 0.15) is 41.4 Å². The molecule has 0 aliphatic carbocycles. The second-order valence-electron chi connectivity index (χ2n) is 6.60. The molecule has 1 aliphatic rings. The van der Waals surface area contributed by atoms with Crippen molar-refractivity contribution < 1.29 is 32.2 Å². The summed E-state index contributed by atoms with van der Waals surface area (Å²) in [4.78, 5) is 34.1. The predicted octanol–water partition coefficient (Wildman–Crippen LogP) is 4.36. The number of nitrogens with one attached hydrogen (secondary N) is 1. The number of anilines is 1. The lowest BCUT2D eigenvalue weighted by atomic mass is 10.1. The summed E-state index contributed by atoms with van der Waals surface area (Å²) in [6.45, 7) is 2.19. The zero-order chi connectivity index (χ0) is 22.8. The molecule has 12 heteroatoms. The van der Waals surface area contributed by atoms with E-state index in [0.717, 1.165) is 0 Å². The van der Waals surface area contributed by atoms with E-state index in [1.165, 1.54) is 23.4 Å². The monoisotopic (exact) mass is 458 g/mol. The molecule has 1 unspecified atom stereocenters. The molecule has 3 rings (SSSR count). The number of halogens is 4. The summed E-state index contributed by atoms with van der Waals surface area (Å²) in [5.41, 5.74) is 1.40. The number of alkyl halides is 3. The molecule has 1 N–H and O–H groups in total. The average molecular weight is 459 g/mol. The summed E-state index contributed by atoms with van der Waals surface area (Å²) in [5, 5.41) is 2.41. The van der Waals surface area contributed by atoms with E-state index in [9.17, 15) is 22.8 Å². The molecular weight excluding hydrogens is 441 g/mol. The van der Waals surface area contributed by atoms with Gasteiger partial charge in [-0.1, -0.05) is 11.6 Å². The van der Waals surface area contributed by atoms with Gasteiger partial charge in [-0.25, -0.2) is 14.8 Å². The van der Waals surface area contributed by atoms with Gasteiger partial charge in [0.15, 0.2) is 6.61 Å². The Morgan fingerprint density at radius 1 is 1.39 bits per heavy atom. The van der Waals surface area contributed by atoms with E-state index in [4.69, 9.17) is 16.3 Å². The van der Waals surface area contributed by atoms with Crippen LogP contribution >= 0.6 is 11.6 Å². The number of aromatic nitrogens is 2. The van der Waals surface area contributed by atoms with E-state index in [2.05, 4.69) is 20.0 Å². The minimum absolute atomic E-state index is 0.107. The van der Waals surface area contributed by atoms with Gasteiger partial charge in [0.05, 0.1) is 19.2 Å². The summed E-state index contributed by atoms with van der Waals surface area (Å²) >= 11 is 6.02. The Morgan fingerprint density at radius 2 is 2.13 bits per heavy atom. The number of carbonyl (C=O) groups is 2. The van der Waals surface area contributed by atoms with Crippen LogP contribution in [0.15, 0.2) is 24.5 Å². The topological polar surface area (TPSA) is 93.7 Å². The Kier molecular flexibility index (Phi) is 6.54. The van der Waals surface area contributed by atoms with Crippen LogP contribution < -0.4 is 10.1 Å². The maximum atomic E-state index is 12.9. The van der Waals surface area contributed by atoms with Gasteiger partial charge in [-0.2, -0.15) is 13.2 Å². The van der Waals surface area contributed by atoms with Crippen molar-refractivity contribution in [2.75, 3.05) is 18.5 Å². The summed E-state index contributed by atoms with van der Waals surface area (Å²) < 4.78 is 46.4. The average Bonchev–Trinajstić information content (AvgIpc) is 3.04. The number of nitrogens with zero attached hydrogens (tertiary/aromatic N) is 3. The van der Waals surface area contributed by atoms with Gasteiger partial charge in [-0.05, 0) is 31.5 Å². The van der Waals surface area contributed by atoms with Crippen LogP contribution in [0.5, 0.6) is 5.88 Å². The Hall–Kier alpha value is -3.08. The standard InChI is InChI=1S/C19H18ClF3N4O4/c1-3-30-18(29)26-15-13-8-27(17(28)12(13)4-5-24-15)10(2)11-6-14(20)16(25-7-11)31-9-19(21,22)23/h4-7,10H,3,8-9H2,1-2H3,(H,24,26,29). The molecular formula is C19H18ClF3N4O4. The minimum Gasteiger partial charge on any atom is -0.467 e. The van der Waals surface area contributed by atoms with Gasteiger partial charge in [0.2, 0.25) is 5.88 Å². The Bertz CT molecular complexity index is 1000. The fourth-order valence-electron chi connectivity index (χ4n) is 3.04. The van der Waals surface area contributed by atoms with Gasteiger partial charge in [0, 0.05) is 23.5 Å². The predicted molar refractivity (Wildman–Crippen MR) is 104 cm³/mol. The van der Waals surface area contributed by atoms with Gasteiger partial charge in [0.25, 0.3) is 5.91 Å². The highest BCUT2D eigenvalue weighted by atomic mass is 35.5. The number of ether oxygens (including phenoxy) is 2. The molecule has 0 aromatic carbocycles. The maximum Gasteiger partial charge on any atom is 0.422 e. The third-order valence-corrected chi connectivity index (χ3v) is 4.79. The van der Waals surface area contributed by atoms with Crippen molar-refractivity contribution in [2.24, 2.45) is 0 Å². The van der Waals surface area contributed by atoms with Crippen LogP contribution in [0.2, 0.25) is 5.02 Å². The number of fused-ring (bicyclic) bond motifs is 1. The lowest BCUT2D eigenvalue weighted by molar-refractivity contribution is -0.154. The van der Waals surface area contributed by atoms with Crippen LogP contribution in [0.3, 0.4) is 0 Å². The van der Waals surface area contributed by atoms with Crippen molar-refractivity contribution in [3.8, 4) is 5.88 Å². The fourth-order valence-corrected chi connectivity index (χ4v) is 3.27. The summed E-state index contributed by atoms with van der Waals surface area (Å²) in [5.74, 6) is -0.438. The van der Waals surface area contributed by atoms with Gasteiger partial charge in [-0.15, -0.1) is 0 Å². The number of pyridine rings is 2. The molecule has 0 radical (unpaired) electrons. The molecule has 3 heterocycles. The van der Waals surface area contributed by atoms with Gasteiger partial charge < -0.3 is 14.4 Å². The van der Waals surface area contributed by atoms with E-state index in [1.807, 2.05) is 0 Å². The number of amides is 2. The van der Waals surface area contributed by atoms with Gasteiger partial charge in [-0.3, -0.25) is 10.1 Å². The van der Waals surface area contributed by atoms with Crippen LogP contribution in [-0.4, -0.2) is 46.3 Å². The zero-order valence-electron chi connectivity index (χ0n) is 16.5. The van der Waals surface area contributed by atoms with Crippen molar-refractivity contribution in [1.29, 1.82) is 0 Å². The first-order chi connectivity index (χ1) is 14.6. The molecule has 8 nitrogen and oxygen atoms in total. The molecule has 166 valence electrons. The largest absolute Gasteiger partial charge is 0.467 e. The molecule has 2 amide bonds. The molecule has 0 saturated carbocycles. The molecule has 0 bridgehead atoms. The van der Waals surface area contributed by atoms with Crippen molar-refractivity contribution in [1.82, 2.24) is 14.9 Å². The van der Waals surface area contributed by atoms with Gasteiger partial charge >= 0.3 is 12.3 Å². The highest BCUT2D eigenvalue weighted by Crippen LogP contribution is 2.35. The lowest BCUT2D eigenvalue weighted by Crippen LogP contribution is -2.27. The molecule has 2 aromatic rings. The third kappa shape index (κ3) is 5.16. The number of carbonyl (C=O) groups excluding carboxylic acids is 2. The van der Waals surface area contributed by atoms with Crippen LogP contribution in [0, 0.1) is 0 Å². The van der Waals surface area contributed by atoms with Gasteiger partial charge in [0.1, 0.15) is 10.8 Å². The zero-order valence-corrected chi connectivity index (χ0v) is 17.3. The Morgan fingerprint density at radius 3 is 2.77 bits per heavy atom. The van der Waals surface area contributed by atoms with E-state index in [-0.39, 0.29) is 35.8 Å². The highest BCUT2D eigenvalue weighted by Gasteiger charge is 2.34. The van der Waals surface area contributed by atoms with Crippen molar-refractivity contribution in [3.63, 3.8) is 0 Å². The Balaban J connectivity index is 1.78. The van der Waals surface area contributed by atoms with E-state index in [0.29, 0.717) is 16.7 Å². The third-order valence-electron chi connectivity index (χ3n) is 4.52. The highest BCUT2D eigenvalue weighted by molar-refractivity contribution is 6.31. The van der Waals surface area contributed by atoms with Crippen molar-refractivity contribution >= 4 is 29.4 Å². The smallest absolute Gasteiger partial charge is 0.422 e. The number of hydrogen-bond acceptors (Lipinski definition) is 6. The quantitative estimate of drug-likeness (QED) is 0.691. The van der Waals surface area contributed by atoms with Crippen molar-refractivity contribution in [2.45, 2.75) is 32.6 Å². The number of hydrogen-bond donors (Lipinski definition) is 1. The first-order valence-corrected chi connectivity index (χ1v) is 9.56. The first kappa shape index (κ1) is 22.6. The molecule has 2 aromatic heterocycles. The second kappa shape index (κ2) is 8.96. The molecule has 0 fully saturated rings. The van der Waals surface area contributed by atoms with E-state index < -0.39 is 24.9 Å². The van der Waals surface area contributed by atoms with E-state index in [1.54, 1.807) is 19.9 Å². The molecule has 31 heavy (non-hydrogen) atoms. The molecule has 0 saturated heterocycles.